The second-order valence-electron chi connectivity index (χ2n) is 3.26. The van der Waals surface area contributed by atoms with E-state index in [4.69, 9.17) is 5.26 Å². The first-order valence-electron chi connectivity index (χ1n) is 5.07. The monoisotopic (exact) mass is 218 g/mol. The van der Waals surface area contributed by atoms with Gasteiger partial charge >= 0.3 is 5.97 Å². The van der Waals surface area contributed by atoms with E-state index in [0.717, 1.165) is 18.7 Å². The Kier molecular flexibility index (Phi) is 4.87. The molecule has 0 aliphatic heterocycles. The van der Waals surface area contributed by atoms with Crippen LogP contribution in [-0.2, 0) is 4.74 Å². The van der Waals surface area contributed by atoms with Crippen LogP contribution in [0.4, 0.5) is 5.69 Å². The Hall–Kier alpha value is -2.02. The van der Waals surface area contributed by atoms with Gasteiger partial charge in [0.1, 0.15) is 0 Å². The van der Waals surface area contributed by atoms with Crippen molar-refractivity contribution < 1.29 is 9.53 Å². The number of rotatable bonds is 5. The normalized spacial score (nSPS) is 9.25. The maximum atomic E-state index is 11.1. The predicted octanol–water partition coefficient (Wildman–Crippen LogP) is 2.19. The molecule has 0 saturated carbocycles. The van der Waals surface area contributed by atoms with Crippen molar-refractivity contribution in [3.8, 4) is 6.07 Å². The van der Waals surface area contributed by atoms with Crippen molar-refractivity contribution in [3.05, 3.63) is 29.8 Å². The van der Waals surface area contributed by atoms with Crippen LogP contribution in [0.5, 0.6) is 0 Å². The Balaban J connectivity index is 2.46. The number of hydrogen-bond donors (Lipinski definition) is 1. The fourth-order valence-electron chi connectivity index (χ4n) is 1.24. The Bertz CT molecular complexity index is 379. The van der Waals surface area contributed by atoms with E-state index in [9.17, 15) is 4.79 Å². The predicted molar refractivity (Wildman–Crippen MR) is 61.1 cm³/mol. The summed E-state index contributed by atoms with van der Waals surface area (Å²) in [5.74, 6) is -0.337. The van der Waals surface area contributed by atoms with Gasteiger partial charge < -0.3 is 10.1 Å². The largest absolute Gasteiger partial charge is 0.465 e. The smallest absolute Gasteiger partial charge is 0.337 e. The summed E-state index contributed by atoms with van der Waals surface area (Å²) in [4.78, 5) is 11.1. The average molecular weight is 218 g/mol. The number of nitriles is 1. The highest BCUT2D eigenvalue weighted by atomic mass is 16.5. The van der Waals surface area contributed by atoms with E-state index >= 15 is 0 Å². The van der Waals surface area contributed by atoms with Crippen LogP contribution in [0.25, 0.3) is 0 Å². The van der Waals surface area contributed by atoms with Crippen LogP contribution in [0, 0.1) is 11.3 Å². The second-order valence-corrected chi connectivity index (χ2v) is 3.26. The molecule has 84 valence electrons. The van der Waals surface area contributed by atoms with E-state index in [0.29, 0.717) is 12.0 Å². The van der Waals surface area contributed by atoms with Crippen molar-refractivity contribution in [2.75, 3.05) is 19.0 Å². The number of anilines is 1. The molecule has 0 atom stereocenters. The molecule has 0 aliphatic rings. The molecule has 0 unspecified atom stereocenters. The van der Waals surface area contributed by atoms with E-state index in [1.165, 1.54) is 7.11 Å². The molecular formula is C12H14N2O2. The van der Waals surface area contributed by atoms with E-state index in [2.05, 4.69) is 16.1 Å². The maximum Gasteiger partial charge on any atom is 0.337 e. The van der Waals surface area contributed by atoms with Gasteiger partial charge in [-0.15, -0.1) is 0 Å². The van der Waals surface area contributed by atoms with Gasteiger partial charge in [-0.25, -0.2) is 4.79 Å². The molecule has 1 rings (SSSR count). The molecule has 1 aromatic carbocycles. The zero-order valence-electron chi connectivity index (χ0n) is 9.19. The second kappa shape index (κ2) is 6.46. The number of nitrogens with one attached hydrogen (secondary N) is 1. The lowest BCUT2D eigenvalue weighted by atomic mass is 10.2. The van der Waals surface area contributed by atoms with Crippen molar-refractivity contribution in [2.45, 2.75) is 12.8 Å². The highest BCUT2D eigenvalue weighted by Crippen LogP contribution is 2.10. The zero-order chi connectivity index (χ0) is 11.8. The number of ether oxygens (including phenoxy) is 1. The molecule has 4 heteroatoms. The van der Waals surface area contributed by atoms with E-state index < -0.39 is 0 Å². The molecule has 0 amide bonds. The van der Waals surface area contributed by atoms with Gasteiger partial charge in [0.15, 0.2) is 0 Å². The first-order valence-corrected chi connectivity index (χ1v) is 5.07. The van der Waals surface area contributed by atoms with Crippen LogP contribution in [0.3, 0.4) is 0 Å². The number of hydrogen-bond acceptors (Lipinski definition) is 4. The van der Waals surface area contributed by atoms with Crippen LogP contribution in [-0.4, -0.2) is 19.6 Å². The van der Waals surface area contributed by atoms with Crippen molar-refractivity contribution >= 4 is 11.7 Å². The van der Waals surface area contributed by atoms with E-state index in [1.54, 1.807) is 12.1 Å². The first-order chi connectivity index (χ1) is 7.77. The molecule has 0 aromatic heterocycles. The number of benzene rings is 1. The highest BCUT2D eigenvalue weighted by molar-refractivity contribution is 5.89. The van der Waals surface area contributed by atoms with E-state index in [-0.39, 0.29) is 5.97 Å². The fourth-order valence-corrected chi connectivity index (χ4v) is 1.24. The van der Waals surface area contributed by atoms with Crippen LogP contribution >= 0.6 is 0 Å². The topological polar surface area (TPSA) is 62.1 Å². The van der Waals surface area contributed by atoms with Crippen LogP contribution in [0.1, 0.15) is 23.2 Å². The van der Waals surface area contributed by atoms with Gasteiger partial charge in [-0.05, 0) is 30.7 Å². The lowest BCUT2D eigenvalue weighted by Crippen LogP contribution is -2.03. The number of methoxy groups -OCH3 is 1. The molecule has 0 radical (unpaired) electrons. The zero-order valence-corrected chi connectivity index (χ0v) is 9.19. The SMILES string of the molecule is COC(=O)c1ccc(NCCCC#N)cc1. The molecular weight excluding hydrogens is 204 g/mol. The first kappa shape index (κ1) is 12.1. The Morgan fingerprint density at radius 1 is 1.44 bits per heavy atom. The van der Waals surface area contributed by atoms with Gasteiger partial charge in [0.05, 0.1) is 18.7 Å². The number of esters is 1. The van der Waals surface area contributed by atoms with Crippen molar-refractivity contribution in [3.63, 3.8) is 0 Å². The van der Waals surface area contributed by atoms with Gasteiger partial charge in [-0.1, -0.05) is 0 Å². The summed E-state index contributed by atoms with van der Waals surface area (Å²) in [6.07, 6.45) is 1.36. The average Bonchev–Trinajstić information content (AvgIpc) is 2.34. The van der Waals surface area contributed by atoms with E-state index in [1.807, 2.05) is 12.1 Å². The van der Waals surface area contributed by atoms with Crippen molar-refractivity contribution in [1.29, 1.82) is 5.26 Å². The van der Waals surface area contributed by atoms with Crippen LogP contribution in [0.2, 0.25) is 0 Å². The molecule has 1 aromatic rings. The van der Waals surface area contributed by atoms with Gasteiger partial charge in [-0.3, -0.25) is 0 Å². The molecule has 0 fully saturated rings. The lowest BCUT2D eigenvalue weighted by Gasteiger charge is -2.05. The number of unbranched alkanes of at least 4 members (excludes halogenated alkanes) is 1. The minimum atomic E-state index is -0.337. The molecule has 0 spiro atoms. The van der Waals surface area contributed by atoms with Crippen molar-refractivity contribution in [2.24, 2.45) is 0 Å². The maximum absolute atomic E-state index is 11.1. The summed E-state index contributed by atoms with van der Waals surface area (Å²) in [6.45, 7) is 0.755. The molecule has 16 heavy (non-hydrogen) atoms. The summed E-state index contributed by atoms with van der Waals surface area (Å²) in [6, 6.07) is 9.13. The molecule has 0 bridgehead atoms. The standard InChI is InChI=1S/C12H14N2O2/c1-16-12(15)10-4-6-11(7-5-10)14-9-3-2-8-13/h4-7,14H,2-3,9H2,1H3. The Labute approximate surface area is 94.8 Å². The Morgan fingerprint density at radius 3 is 2.69 bits per heavy atom. The number of carbonyl (C=O) groups is 1. The molecule has 1 N–H and O–H groups in total. The van der Waals surface area contributed by atoms with Gasteiger partial charge in [0.25, 0.3) is 0 Å². The summed E-state index contributed by atoms with van der Waals surface area (Å²) in [5, 5.41) is 11.5. The summed E-state index contributed by atoms with van der Waals surface area (Å²) in [5.41, 5.74) is 1.47. The minimum absolute atomic E-state index is 0.337. The summed E-state index contributed by atoms with van der Waals surface area (Å²) in [7, 11) is 1.36. The summed E-state index contributed by atoms with van der Waals surface area (Å²) < 4.78 is 4.59. The molecule has 0 saturated heterocycles. The van der Waals surface area contributed by atoms with Gasteiger partial charge in [-0.2, -0.15) is 5.26 Å². The third-order valence-corrected chi connectivity index (χ3v) is 2.10. The molecule has 4 nitrogen and oxygen atoms in total. The lowest BCUT2D eigenvalue weighted by molar-refractivity contribution is 0.0601. The highest BCUT2D eigenvalue weighted by Gasteiger charge is 2.03. The third-order valence-electron chi connectivity index (χ3n) is 2.10. The molecule has 0 heterocycles. The van der Waals surface area contributed by atoms with Gasteiger partial charge in [0, 0.05) is 18.7 Å². The fraction of sp³-hybridized carbons (Fsp3) is 0.333. The molecule has 0 aliphatic carbocycles. The summed E-state index contributed by atoms with van der Waals surface area (Å²) >= 11 is 0. The third kappa shape index (κ3) is 3.62. The minimum Gasteiger partial charge on any atom is -0.465 e. The van der Waals surface area contributed by atoms with Crippen LogP contribution in [0.15, 0.2) is 24.3 Å². The quantitative estimate of drug-likeness (QED) is 0.607. The number of nitrogens with zero attached hydrogens (tertiary/aromatic N) is 1. The van der Waals surface area contributed by atoms with Crippen molar-refractivity contribution in [1.82, 2.24) is 0 Å². The van der Waals surface area contributed by atoms with Gasteiger partial charge in [0.2, 0.25) is 0 Å². The number of carbonyl (C=O) groups excluding carboxylic acids is 1. The van der Waals surface area contributed by atoms with Crippen LogP contribution < -0.4 is 5.32 Å². The Morgan fingerprint density at radius 2 is 2.12 bits per heavy atom.